The first-order valence-corrected chi connectivity index (χ1v) is 8.05. The highest BCUT2D eigenvalue weighted by atomic mass is 16.6. The smallest absolute Gasteiger partial charge is 0.410 e. The summed E-state index contributed by atoms with van der Waals surface area (Å²) in [6, 6.07) is -0.725. The number of nitrogens with zero attached hydrogens (tertiary/aromatic N) is 4. The van der Waals surface area contributed by atoms with Crippen LogP contribution >= 0.6 is 0 Å². The molecule has 1 aromatic heterocycles. The fraction of sp³-hybridized carbons (Fsp3) is 0.800. The van der Waals surface area contributed by atoms with Crippen LogP contribution in [0.3, 0.4) is 0 Å². The highest BCUT2D eigenvalue weighted by molar-refractivity contribution is 5.68. The monoisotopic (exact) mass is 325 g/mol. The van der Waals surface area contributed by atoms with Crippen molar-refractivity contribution in [3.63, 3.8) is 0 Å². The van der Waals surface area contributed by atoms with Gasteiger partial charge in [-0.2, -0.15) is 0 Å². The zero-order valence-electron chi connectivity index (χ0n) is 14.4. The van der Waals surface area contributed by atoms with Crippen LogP contribution in [0.2, 0.25) is 0 Å². The van der Waals surface area contributed by atoms with Gasteiger partial charge in [-0.25, -0.2) is 9.48 Å². The molecule has 1 fully saturated rings. The minimum Gasteiger partial charge on any atom is -0.444 e. The number of ether oxygens (including phenoxy) is 2. The maximum atomic E-state index is 12.5. The van der Waals surface area contributed by atoms with E-state index in [1.165, 1.54) is 0 Å². The first kappa shape index (κ1) is 17.7. The van der Waals surface area contributed by atoms with E-state index < -0.39 is 11.6 Å². The molecule has 0 radical (unpaired) electrons. The van der Waals surface area contributed by atoms with Gasteiger partial charge in [0.15, 0.2) is 0 Å². The van der Waals surface area contributed by atoms with Gasteiger partial charge in [0.25, 0.3) is 0 Å². The second-order valence-electron chi connectivity index (χ2n) is 6.72. The van der Waals surface area contributed by atoms with Gasteiger partial charge in [-0.15, -0.1) is 5.10 Å². The quantitative estimate of drug-likeness (QED) is 0.897. The number of aryl methyl sites for hydroxylation is 1. The number of hydrogen-bond acceptors (Lipinski definition) is 6. The third kappa shape index (κ3) is 4.42. The minimum absolute atomic E-state index is 0.298. The third-order valence-electron chi connectivity index (χ3n) is 3.63. The third-order valence-corrected chi connectivity index (χ3v) is 3.63. The zero-order valence-corrected chi connectivity index (χ0v) is 14.4. The molecular weight excluding hydrogens is 298 g/mol. The molecule has 1 amide bonds. The Kier molecular flexibility index (Phi) is 5.59. The Bertz CT molecular complexity index is 525. The average Bonchev–Trinajstić information content (AvgIpc) is 2.93. The lowest BCUT2D eigenvalue weighted by molar-refractivity contribution is -0.0388. The van der Waals surface area contributed by atoms with Crippen molar-refractivity contribution in [2.24, 2.45) is 5.73 Å². The van der Waals surface area contributed by atoms with Crippen LogP contribution in [0.25, 0.3) is 0 Å². The van der Waals surface area contributed by atoms with E-state index in [9.17, 15) is 4.79 Å². The second-order valence-corrected chi connectivity index (χ2v) is 6.72. The van der Waals surface area contributed by atoms with Crippen molar-refractivity contribution in [3.05, 3.63) is 11.9 Å². The Morgan fingerprint density at radius 3 is 2.96 bits per heavy atom. The van der Waals surface area contributed by atoms with Crippen molar-refractivity contribution < 1.29 is 14.3 Å². The second kappa shape index (κ2) is 7.27. The summed E-state index contributed by atoms with van der Waals surface area (Å²) in [5, 5.41) is 8.01. The molecule has 0 saturated carbocycles. The molecule has 23 heavy (non-hydrogen) atoms. The fourth-order valence-corrected chi connectivity index (χ4v) is 2.57. The minimum atomic E-state index is -0.546. The largest absolute Gasteiger partial charge is 0.444 e. The van der Waals surface area contributed by atoms with Crippen molar-refractivity contribution in [3.8, 4) is 0 Å². The first-order valence-electron chi connectivity index (χ1n) is 8.05. The summed E-state index contributed by atoms with van der Waals surface area (Å²) in [7, 11) is 0. The van der Waals surface area contributed by atoms with Crippen LogP contribution in [0, 0.1) is 0 Å². The maximum Gasteiger partial charge on any atom is 0.410 e. The van der Waals surface area contributed by atoms with E-state index in [1.807, 2.05) is 20.8 Å². The van der Waals surface area contributed by atoms with Crippen LogP contribution in [0.1, 0.15) is 45.9 Å². The van der Waals surface area contributed by atoms with Crippen molar-refractivity contribution in [1.82, 2.24) is 19.9 Å². The van der Waals surface area contributed by atoms with Gasteiger partial charge in [0.05, 0.1) is 37.2 Å². The van der Waals surface area contributed by atoms with Crippen LogP contribution in [-0.4, -0.2) is 57.4 Å². The molecule has 2 N–H and O–H groups in total. The van der Waals surface area contributed by atoms with Gasteiger partial charge in [-0.3, -0.25) is 4.90 Å². The number of morpholine rings is 1. The van der Waals surface area contributed by atoms with Crippen LogP contribution in [0.5, 0.6) is 0 Å². The summed E-state index contributed by atoms with van der Waals surface area (Å²) in [6.07, 6.45) is 2.22. The van der Waals surface area contributed by atoms with Crippen LogP contribution < -0.4 is 5.73 Å². The molecule has 0 aliphatic carbocycles. The molecule has 2 unspecified atom stereocenters. The number of hydrogen-bond donors (Lipinski definition) is 1. The summed E-state index contributed by atoms with van der Waals surface area (Å²) in [4.78, 5) is 14.1. The average molecular weight is 325 g/mol. The van der Waals surface area contributed by atoms with E-state index in [2.05, 4.69) is 17.2 Å². The standard InChI is InChI=1S/C15H27N5O3/c1-5-6-20-11(9-17-18-20)13(16)12-10-22-8-7-19(12)14(21)23-15(2,3)4/h9,12-13H,5-8,10,16H2,1-4H3. The number of amides is 1. The number of carbonyl (C=O) groups excluding carboxylic acids is 1. The Morgan fingerprint density at radius 2 is 2.30 bits per heavy atom. The molecule has 0 spiro atoms. The Hall–Kier alpha value is -1.67. The summed E-state index contributed by atoms with van der Waals surface area (Å²) in [5.74, 6) is 0. The van der Waals surface area contributed by atoms with E-state index in [0.717, 1.165) is 18.7 Å². The summed E-state index contributed by atoms with van der Waals surface area (Å²) < 4.78 is 12.8. The number of nitrogens with two attached hydrogens (primary N) is 1. The number of aromatic nitrogens is 3. The van der Waals surface area contributed by atoms with Crippen LogP contribution in [0.4, 0.5) is 4.79 Å². The number of carbonyl (C=O) groups is 1. The van der Waals surface area contributed by atoms with Crippen LogP contribution in [0.15, 0.2) is 6.20 Å². The summed E-state index contributed by atoms with van der Waals surface area (Å²) in [5.41, 5.74) is 6.66. The molecule has 2 rings (SSSR count). The van der Waals surface area contributed by atoms with E-state index >= 15 is 0 Å². The highest BCUT2D eigenvalue weighted by Gasteiger charge is 2.36. The normalized spacial score (nSPS) is 20.4. The molecule has 1 aromatic rings. The molecule has 130 valence electrons. The van der Waals surface area contributed by atoms with E-state index in [-0.39, 0.29) is 12.1 Å². The van der Waals surface area contributed by atoms with Gasteiger partial charge >= 0.3 is 6.09 Å². The van der Waals surface area contributed by atoms with Crippen molar-refractivity contribution >= 4 is 6.09 Å². The predicted molar refractivity (Wildman–Crippen MR) is 84.8 cm³/mol. The lowest BCUT2D eigenvalue weighted by Gasteiger charge is -2.39. The van der Waals surface area contributed by atoms with Crippen molar-refractivity contribution in [2.45, 2.75) is 58.3 Å². The highest BCUT2D eigenvalue weighted by Crippen LogP contribution is 2.23. The van der Waals surface area contributed by atoms with E-state index in [4.69, 9.17) is 15.2 Å². The molecule has 8 heteroatoms. The predicted octanol–water partition coefficient (Wildman–Crippen LogP) is 1.32. The van der Waals surface area contributed by atoms with E-state index in [0.29, 0.717) is 19.8 Å². The topological polar surface area (TPSA) is 95.5 Å². The molecule has 0 aromatic carbocycles. The van der Waals surface area contributed by atoms with E-state index in [1.54, 1.807) is 15.8 Å². The molecule has 1 aliphatic heterocycles. The molecular formula is C15H27N5O3. The fourth-order valence-electron chi connectivity index (χ4n) is 2.57. The summed E-state index contributed by atoms with van der Waals surface area (Å²) in [6.45, 7) is 9.66. The van der Waals surface area contributed by atoms with Gasteiger partial charge in [-0.05, 0) is 27.2 Å². The molecule has 0 bridgehead atoms. The van der Waals surface area contributed by atoms with Crippen LogP contribution in [-0.2, 0) is 16.0 Å². The Balaban J connectivity index is 2.17. The Morgan fingerprint density at radius 1 is 1.57 bits per heavy atom. The van der Waals surface area contributed by atoms with Gasteiger partial charge < -0.3 is 15.2 Å². The number of rotatable bonds is 4. The van der Waals surface area contributed by atoms with Gasteiger partial charge in [0, 0.05) is 13.1 Å². The first-order chi connectivity index (χ1) is 10.8. The lowest BCUT2D eigenvalue weighted by Crippen LogP contribution is -2.54. The zero-order chi connectivity index (χ0) is 17.0. The Labute approximate surface area is 136 Å². The van der Waals surface area contributed by atoms with Gasteiger partial charge in [-0.1, -0.05) is 12.1 Å². The van der Waals surface area contributed by atoms with Gasteiger partial charge in [0.2, 0.25) is 0 Å². The molecule has 1 saturated heterocycles. The van der Waals surface area contributed by atoms with Crippen molar-refractivity contribution in [1.29, 1.82) is 0 Å². The van der Waals surface area contributed by atoms with Gasteiger partial charge in [0.1, 0.15) is 5.60 Å². The maximum absolute atomic E-state index is 12.5. The van der Waals surface area contributed by atoms with Crippen molar-refractivity contribution in [2.75, 3.05) is 19.8 Å². The lowest BCUT2D eigenvalue weighted by atomic mass is 10.0. The molecule has 8 nitrogen and oxygen atoms in total. The SMILES string of the molecule is CCCn1nncc1C(N)C1COCCN1C(=O)OC(C)(C)C. The molecule has 2 heterocycles. The molecule has 1 aliphatic rings. The molecule has 2 atom stereocenters. The summed E-state index contributed by atoms with van der Waals surface area (Å²) >= 11 is 0.